The molecule has 0 aliphatic rings. The van der Waals surface area contributed by atoms with Crippen LogP contribution in [0, 0.1) is 5.92 Å². The van der Waals surface area contributed by atoms with Crippen LogP contribution in [-0.4, -0.2) is 19.6 Å². The maximum atomic E-state index is 5.70. The second kappa shape index (κ2) is 6.68. The van der Waals surface area contributed by atoms with Crippen LogP contribution in [0.2, 0.25) is 0 Å². The maximum absolute atomic E-state index is 5.70. The Morgan fingerprint density at radius 3 is 2.64 bits per heavy atom. The Balaban J connectivity index is 3.81. The van der Waals surface area contributed by atoms with Gasteiger partial charge in [-0.1, -0.05) is 25.5 Å². The molecule has 0 aliphatic heterocycles. The van der Waals surface area contributed by atoms with Gasteiger partial charge in [-0.3, -0.25) is 0 Å². The highest BCUT2D eigenvalue weighted by molar-refractivity contribution is 6.19. The quantitative estimate of drug-likeness (QED) is 0.463. The molecule has 2 heteroatoms. The zero-order chi connectivity index (χ0) is 8.69. The minimum Gasteiger partial charge on any atom is -0.384 e. The van der Waals surface area contributed by atoms with Gasteiger partial charge in [-0.05, 0) is 12.3 Å². The number of ether oxygens (including phenoxy) is 1. The molecule has 0 fully saturated rings. The fraction of sp³-hybridized carbons (Fsp3) is 0.778. The molecule has 11 heavy (non-hydrogen) atoms. The highest BCUT2D eigenvalue weighted by Gasteiger charge is 1.98. The van der Waals surface area contributed by atoms with Crippen molar-refractivity contribution in [2.75, 3.05) is 19.6 Å². The minimum absolute atomic E-state index is 0.480. The van der Waals surface area contributed by atoms with Crippen LogP contribution in [0.5, 0.6) is 0 Å². The van der Waals surface area contributed by atoms with E-state index in [1.54, 1.807) is 7.11 Å². The summed E-state index contributed by atoms with van der Waals surface area (Å²) in [4.78, 5) is 0. The summed E-state index contributed by atoms with van der Waals surface area (Å²) in [6.45, 7) is 5.03. The van der Waals surface area contributed by atoms with Gasteiger partial charge in [0.2, 0.25) is 0 Å². The first kappa shape index (κ1) is 11.0. The first-order valence-corrected chi connectivity index (χ1v) is 4.52. The Bertz CT molecular complexity index is 115. The molecule has 0 aromatic rings. The van der Waals surface area contributed by atoms with E-state index in [1.165, 1.54) is 5.57 Å². The van der Waals surface area contributed by atoms with Gasteiger partial charge < -0.3 is 4.74 Å². The fourth-order valence-electron chi connectivity index (χ4n) is 0.970. The molecule has 0 aliphatic carbocycles. The maximum Gasteiger partial charge on any atom is 0.0522 e. The van der Waals surface area contributed by atoms with Crippen molar-refractivity contribution in [2.24, 2.45) is 5.92 Å². The van der Waals surface area contributed by atoms with Crippen molar-refractivity contribution in [3.63, 3.8) is 0 Å². The van der Waals surface area contributed by atoms with Crippen molar-refractivity contribution in [1.82, 2.24) is 0 Å². The third kappa shape index (κ3) is 5.28. The van der Waals surface area contributed by atoms with Gasteiger partial charge in [0.1, 0.15) is 0 Å². The van der Waals surface area contributed by atoms with Crippen LogP contribution in [-0.2, 0) is 4.74 Å². The normalized spacial score (nSPS) is 15.1. The summed E-state index contributed by atoms with van der Waals surface area (Å²) < 4.78 is 5.01. The second-order valence-electron chi connectivity index (χ2n) is 2.74. The third-order valence-electron chi connectivity index (χ3n) is 1.58. The lowest BCUT2D eigenvalue weighted by molar-refractivity contribution is 0.176. The summed E-state index contributed by atoms with van der Waals surface area (Å²) in [5.41, 5.74) is 1.30. The Kier molecular flexibility index (Phi) is 6.68. The smallest absolute Gasteiger partial charge is 0.0522 e. The number of alkyl halides is 1. The lowest BCUT2D eigenvalue weighted by atomic mass is 10.1. The molecule has 0 N–H and O–H groups in total. The predicted molar refractivity (Wildman–Crippen MR) is 50.1 cm³/mol. The van der Waals surface area contributed by atoms with Gasteiger partial charge in [-0.25, -0.2) is 0 Å². The number of rotatable bonds is 5. The van der Waals surface area contributed by atoms with Crippen LogP contribution in [0.3, 0.4) is 0 Å². The number of hydrogen-bond donors (Lipinski definition) is 0. The van der Waals surface area contributed by atoms with Gasteiger partial charge in [0.05, 0.1) is 6.61 Å². The van der Waals surface area contributed by atoms with Crippen LogP contribution in [0.25, 0.3) is 0 Å². The summed E-state index contributed by atoms with van der Waals surface area (Å²) in [5, 5.41) is 0. The summed E-state index contributed by atoms with van der Waals surface area (Å²) in [7, 11) is 1.72. The molecular weight excluding hydrogens is 160 g/mol. The molecule has 1 nitrogen and oxygen atoms in total. The predicted octanol–water partition coefficient (Wildman–Crippen LogP) is 2.84. The lowest BCUT2D eigenvalue weighted by Gasteiger charge is -2.06. The molecular formula is C9H17ClO. The number of halogens is 1. The Hall–Kier alpha value is -0.0100. The Labute approximate surface area is 74.4 Å². The highest BCUT2D eigenvalue weighted by Crippen LogP contribution is 2.08. The number of allylic oxidation sites excluding steroid dienone is 1. The average Bonchev–Trinajstić information content (AvgIpc) is 2.01. The molecule has 0 radical (unpaired) electrons. The molecule has 66 valence electrons. The fourth-order valence-corrected chi connectivity index (χ4v) is 1.25. The highest BCUT2D eigenvalue weighted by atomic mass is 35.5. The third-order valence-corrected chi connectivity index (χ3v) is 1.92. The van der Waals surface area contributed by atoms with E-state index in [1.807, 2.05) is 0 Å². The molecule has 0 heterocycles. The topological polar surface area (TPSA) is 9.23 Å². The van der Waals surface area contributed by atoms with Crippen LogP contribution in [0.4, 0.5) is 0 Å². The molecule has 0 spiro atoms. The monoisotopic (exact) mass is 176 g/mol. The van der Waals surface area contributed by atoms with E-state index in [0.717, 1.165) is 13.0 Å². The van der Waals surface area contributed by atoms with E-state index in [9.17, 15) is 0 Å². The summed E-state index contributed by atoms with van der Waals surface area (Å²) in [6, 6.07) is 0. The average molecular weight is 177 g/mol. The second-order valence-corrected chi connectivity index (χ2v) is 3.01. The number of methoxy groups -OCH3 is 1. The van der Waals surface area contributed by atoms with E-state index in [2.05, 4.69) is 19.9 Å². The van der Waals surface area contributed by atoms with E-state index in [0.29, 0.717) is 11.8 Å². The zero-order valence-electron chi connectivity index (χ0n) is 7.56. The summed E-state index contributed by atoms with van der Waals surface area (Å²) >= 11 is 5.70. The van der Waals surface area contributed by atoms with Crippen molar-refractivity contribution in [3.8, 4) is 0 Å². The standard InChI is InChI=1S/C9H17ClO/c1-4-9(6-10)5-8(2)7-11-3/h5,8H,4,6-7H2,1-3H3. The van der Waals surface area contributed by atoms with Crippen LogP contribution in [0.15, 0.2) is 11.6 Å². The Morgan fingerprint density at radius 1 is 1.64 bits per heavy atom. The van der Waals surface area contributed by atoms with Gasteiger partial charge >= 0.3 is 0 Å². The summed E-state index contributed by atoms with van der Waals surface area (Å²) in [5.74, 6) is 1.12. The van der Waals surface area contributed by atoms with Gasteiger partial charge in [-0.15, -0.1) is 11.6 Å². The zero-order valence-corrected chi connectivity index (χ0v) is 8.32. The molecule has 1 atom stereocenters. The van der Waals surface area contributed by atoms with Gasteiger partial charge in [-0.2, -0.15) is 0 Å². The first-order chi connectivity index (χ1) is 5.24. The van der Waals surface area contributed by atoms with Gasteiger partial charge in [0, 0.05) is 13.0 Å². The van der Waals surface area contributed by atoms with Gasteiger partial charge in [0.25, 0.3) is 0 Å². The largest absolute Gasteiger partial charge is 0.384 e. The Morgan fingerprint density at radius 2 is 2.27 bits per heavy atom. The van der Waals surface area contributed by atoms with Crippen LogP contribution in [0.1, 0.15) is 20.3 Å². The number of hydrogen-bond acceptors (Lipinski definition) is 1. The molecule has 1 unspecified atom stereocenters. The minimum atomic E-state index is 0.480. The van der Waals surface area contributed by atoms with E-state index < -0.39 is 0 Å². The molecule has 0 saturated heterocycles. The van der Waals surface area contributed by atoms with E-state index in [-0.39, 0.29) is 0 Å². The molecule has 0 saturated carbocycles. The molecule has 0 aromatic carbocycles. The van der Waals surface area contributed by atoms with Crippen molar-refractivity contribution in [2.45, 2.75) is 20.3 Å². The molecule has 0 bridgehead atoms. The molecule has 0 aromatic heterocycles. The van der Waals surface area contributed by atoms with Gasteiger partial charge in [0.15, 0.2) is 0 Å². The molecule has 0 rings (SSSR count). The SMILES string of the molecule is CCC(=CC(C)COC)CCl. The van der Waals surface area contributed by atoms with E-state index >= 15 is 0 Å². The van der Waals surface area contributed by atoms with Crippen molar-refractivity contribution < 1.29 is 4.74 Å². The van der Waals surface area contributed by atoms with Crippen LogP contribution < -0.4 is 0 Å². The van der Waals surface area contributed by atoms with Crippen molar-refractivity contribution >= 4 is 11.6 Å². The van der Waals surface area contributed by atoms with Crippen molar-refractivity contribution in [1.29, 1.82) is 0 Å². The first-order valence-electron chi connectivity index (χ1n) is 3.99. The van der Waals surface area contributed by atoms with Crippen LogP contribution >= 0.6 is 11.6 Å². The molecule has 0 amide bonds. The lowest BCUT2D eigenvalue weighted by Crippen LogP contribution is -2.01. The summed E-state index contributed by atoms with van der Waals surface area (Å²) in [6.07, 6.45) is 3.23. The van der Waals surface area contributed by atoms with E-state index in [4.69, 9.17) is 16.3 Å². The van der Waals surface area contributed by atoms with Crippen molar-refractivity contribution in [3.05, 3.63) is 11.6 Å².